The van der Waals surface area contributed by atoms with Crippen LogP contribution in [0.25, 0.3) is 27.9 Å². The molecule has 4 aromatic rings. The Morgan fingerprint density at radius 1 is 0.818 bits per heavy atom. The summed E-state index contributed by atoms with van der Waals surface area (Å²) >= 11 is 0. The third kappa shape index (κ3) is 5.21. The highest BCUT2D eigenvalue weighted by atomic mass is 16.3. The lowest BCUT2D eigenvalue weighted by molar-refractivity contribution is -0.138. The zero-order valence-corrected chi connectivity index (χ0v) is 24.3. The molecule has 4 heterocycles. The maximum absolute atomic E-state index is 12.3. The van der Waals surface area contributed by atoms with Crippen LogP contribution in [0, 0.1) is 23.7 Å². The number of nitrogens with zero attached hydrogens (tertiary/aromatic N) is 4. The second-order valence-electron chi connectivity index (χ2n) is 11.3. The molecular weight excluding hydrogens is 558 g/mol. The second-order valence-corrected chi connectivity index (χ2v) is 11.3. The summed E-state index contributed by atoms with van der Waals surface area (Å²) in [5, 5.41) is 31.7. The first kappa shape index (κ1) is 29.1. The van der Waals surface area contributed by atoms with Crippen LogP contribution in [0.5, 0.6) is 0 Å². The lowest BCUT2D eigenvalue weighted by Crippen LogP contribution is -2.37. The number of rotatable bonds is 3. The molecule has 0 bridgehead atoms. The number of fused-ring (bicyclic) bond motifs is 1. The van der Waals surface area contributed by atoms with E-state index in [1.165, 1.54) is 9.80 Å². The van der Waals surface area contributed by atoms with E-state index < -0.39 is 29.2 Å². The van der Waals surface area contributed by atoms with Crippen LogP contribution in [0.2, 0.25) is 0 Å². The van der Waals surface area contributed by atoms with E-state index in [4.69, 9.17) is 5.73 Å². The first-order valence-corrected chi connectivity index (χ1v) is 14.2. The van der Waals surface area contributed by atoms with Gasteiger partial charge >= 0.3 is 0 Å². The predicted molar refractivity (Wildman–Crippen MR) is 163 cm³/mol. The number of benzene rings is 2. The van der Waals surface area contributed by atoms with Crippen molar-refractivity contribution >= 4 is 17.3 Å². The van der Waals surface area contributed by atoms with Gasteiger partial charge in [-0.05, 0) is 47.5 Å². The van der Waals surface area contributed by atoms with E-state index in [0.29, 0.717) is 41.0 Å². The molecule has 3 atom stereocenters. The predicted octanol–water partition coefficient (Wildman–Crippen LogP) is 1.51. The lowest BCUT2D eigenvalue weighted by Gasteiger charge is -2.13. The molecule has 0 saturated carbocycles. The van der Waals surface area contributed by atoms with E-state index in [9.17, 15) is 24.9 Å². The average Bonchev–Trinajstić information content (AvgIpc) is 3.63. The summed E-state index contributed by atoms with van der Waals surface area (Å²) in [6.45, 7) is 0.887. The third-order valence-electron chi connectivity index (χ3n) is 8.11. The summed E-state index contributed by atoms with van der Waals surface area (Å²) in [6.07, 6.45) is 0.951. The van der Waals surface area contributed by atoms with Crippen molar-refractivity contribution in [3.8, 4) is 46.1 Å². The molecule has 222 valence electrons. The Balaban J connectivity index is 1.37. The summed E-state index contributed by atoms with van der Waals surface area (Å²) in [7, 11) is 3.28. The zero-order valence-electron chi connectivity index (χ0n) is 24.3. The van der Waals surface area contributed by atoms with E-state index in [-0.39, 0.29) is 18.7 Å². The van der Waals surface area contributed by atoms with Crippen molar-refractivity contribution in [2.24, 2.45) is 5.73 Å². The third-order valence-corrected chi connectivity index (χ3v) is 8.11. The minimum absolute atomic E-state index is 0.240. The van der Waals surface area contributed by atoms with Gasteiger partial charge in [-0.2, -0.15) is 0 Å². The lowest BCUT2D eigenvalue weighted by atomic mass is 10.00. The van der Waals surface area contributed by atoms with Gasteiger partial charge < -0.3 is 25.1 Å². The van der Waals surface area contributed by atoms with Gasteiger partial charge in [0.25, 0.3) is 11.8 Å². The molecule has 2 aromatic heterocycles. The first-order valence-electron chi connectivity index (χ1n) is 14.2. The van der Waals surface area contributed by atoms with Gasteiger partial charge in [-0.15, -0.1) is 0 Å². The van der Waals surface area contributed by atoms with E-state index in [2.05, 4.69) is 28.7 Å². The summed E-state index contributed by atoms with van der Waals surface area (Å²) in [4.78, 5) is 32.3. The molecule has 3 unspecified atom stereocenters. The van der Waals surface area contributed by atoms with Crippen molar-refractivity contribution in [3.05, 3.63) is 83.8 Å². The maximum atomic E-state index is 12.3. The molecule has 2 fully saturated rings. The normalized spacial score (nSPS) is 22.1. The number of amides is 2. The van der Waals surface area contributed by atoms with Gasteiger partial charge in [0.1, 0.15) is 0 Å². The highest BCUT2D eigenvalue weighted by Gasteiger charge is 2.43. The fourth-order valence-corrected chi connectivity index (χ4v) is 5.52. The molecule has 10 heteroatoms. The summed E-state index contributed by atoms with van der Waals surface area (Å²) < 4.78 is 1.72. The number of carbonyl (C=O) groups is 2. The summed E-state index contributed by atoms with van der Waals surface area (Å²) in [5.74, 6) is 10.8. The highest BCUT2D eigenvalue weighted by molar-refractivity contribution is 5.91. The minimum atomic E-state index is -1.71. The zero-order chi connectivity index (χ0) is 31.2. The van der Waals surface area contributed by atoms with Crippen LogP contribution in [0.15, 0.2) is 66.9 Å². The van der Waals surface area contributed by atoms with Gasteiger partial charge in [-0.1, -0.05) is 47.9 Å². The smallest absolute Gasteiger partial charge is 0.267 e. The number of aliphatic hydroxyl groups is 3. The molecule has 2 saturated heterocycles. The largest absolute Gasteiger partial charge is 0.371 e. The fraction of sp³-hybridized carbons (Fsp3) is 0.265. The minimum Gasteiger partial charge on any atom is -0.371 e. The van der Waals surface area contributed by atoms with Gasteiger partial charge in [0.2, 0.25) is 11.2 Å². The van der Waals surface area contributed by atoms with Crippen molar-refractivity contribution in [1.29, 1.82) is 0 Å². The number of hydrogen-bond acceptors (Lipinski definition) is 7. The summed E-state index contributed by atoms with van der Waals surface area (Å²) in [5.41, 5.74) is 7.35. The standard InChI is InChI=1S/C34H31N5O5/c1-37-17-14-33(43,31(37)41)12-9-22-5-3-7-24(19-22)25-11-16-39-27(21-25)28(36-30(39)29(35)40)26-8-4-6-23(20-26)10-13-34(44)15-18-38(2)32(34)42/h3-8,11,16,19-21,29,40,43-44H,14-15,17-18,35H2,1-2H3. The second kappa shape index (κ2) is 10.9. The Kier molecular flexibility index (Phi) is 7.24. The molecule has 2 aliphatic heterocycles. The van der Waals surface area contributed by atoms with Crippen molar-refractivity contribution in [2.45, 2.75) is 30.3 Å². The van der Waals surface area contributed by atoms with Gasteiger partial charge in [-0.3, -0.25) is 19.7 Å². The molecule has 0 aliphatic carbocycles. The van der Waals surface area contributed by atoms with Crippen molar-refractivity contribution in [1.82, 2.24) is 19.2 Å². The van der Waals surface area contributed by atoms with Crippen molar-refractivity contribution < 1.29 is 24.9 Å². The van der Waals surface area contributed by atoms with Crippen LogP contribution in [-0.2, 0) is 9.59 Å². The number of likely N-dealkylation sites (tertiary alicyclic amines) is 2. The Morgan fingerprint density at radius 2 is 1.34 bits per heavy atom. The molecule has 2 aliphatic rings. The molecule has 10 nitrogen and oxygen atoms in total. The van der Waals surface area contributed by atoms with Crippen LogP contribution in [0.3, 0.4) is 0 Å². The summed E-state index contributed by atoms with van der Waals surface area (Å²) in [6, 6.07) is 18.5. The first-order chi connectivity index (χ1) is 21.0. The molecule has 2 amide bonds. The van der Waals surface area contributed by atoms with Crippen LogP contribution in [-0.4, -0.2) is 84.7 Å². The number of aliphatic hydroxyl groups excluding tert-OH is 1. The van der Waals surface area contributed by atoms with E-state index >= 15 is 0 Å². The van der Waals surface area contributed by atoms with Crippen molar-refractivity contribution in [2.75, 3.05) is 27.2 Å². The van der Waals surface area contributed by atoms with Crippen LogP contribution in [0.4, 0.5) is 0 Å². The Morgan fingerprint density at radius 3 is 1.86 bits per heavy atom. The molecule has 5 N–H and O–H groups in total. The van der Waals surface area contributed by atoms with Gasteiger partial charge in [-0.25, -0.2) is 4.98 Å². The molecule has 2 aromatic carbocycles. The number of nitrogens with two attached hydrogens (primary N) is 1. The van der Waals surface area contributed by atoms with Crippen LogP contribution >= 0.6 is 0 Å². The van der Waals surface area contributed by atoms with E-state index in [0.717, 1.165) is 11.1 Å². The monoisotopic (exact) mass is 589 g/mol. The van der Waals surface area contributed by atoms with E-state index in [1.807, 2.05) is 54.6 Å². The molecular formula is C34H31N5O5. The molecule has 44 heavy (non-hydrogen) atoms. The SMILES string of the molecule is CN1CCC(O)(C#Cc2cccc(-c3ccn4c(C(N)O)nc(-c5cccc(C#CC6(O)CCN(C)C6=O)c5)c4c3)c2)C1=O. The maximum Gasteiger partial charge on any atom is 0.267 e. The highest BCUT2D eigenvalue weighted by Crippen LogP contribution is 2.31. The molecule has 0 radical (unpaired) electrons. The fourth-order valence-electron chi connectivity index (χ4n) is 5.52. The Labute approximate surface area is 254 Å². The molecule has 6 rings (SSSR count). The van der Waals surface area contributed by atoms with Gasteiger partial charge in [0.05, 0.1) is 11.2 Å². The molecule has 0 spiro atoms. The average molecular weight is 590 g/mol. The Hall–Kier alpha value is -4.97. The number of pyridine rings is 1. The van der Waals surface area contributed by atoms with E-state index in [1.54, 1.807) is 30.8 Å². The number of aromatic nitrogens is 2. The Bertz CT molecular complexity index is 1940. The van der Waals surface area contributed by atoms with Crippen LogP contribution in [0.1, 0.15) is 36.0 Å². The van der Waals surface area contributed by atoms with Crippen LogP contribution < -0.4 is 5.73 Å². The number of likely N-dealkylation sites (N-methyl/N-ethyl adjacent to an activating group) is 2. The number of hydrogen-bond donors (Lipinski definition) is 4. The van der Waals surface area contributed by atoms with Gasteiger partial charge in [0.15, 0.2) is 12.1 Å². The number of imidazole rings is 1. The quantitative estimate of drug-likeness (QED) is 0.209. The topological polar surface area (TPSA) is 145 Å². The van der Waals surface area contributed by atoms with Gasteiger partial charge in [0, 0.05) is 62.9 Å². The van der Waals surface area contributed by atoms with Crippen molar-refractivity contribution in [3.63, 3.8) is 0 Å². The number of carbonyl (C=O) groups excluding carboxylic acids is 2.